The second kappa shape index (κ2) is 5.15. The highest BCUT2D eigenvalue weighted by molar-refractivity contribution is 7.26. The highest BCUT2D eigenvalue weighted by Crippen LogP contribution is 2.40. The summed E-state index contributed by atoms with van der Waals surface area (Å²) in [5.74, 6) is 0. The Morgan fingerprint density at radius 3 is 2.32 bits per heavy atom. The molecular formula is C20H17NS. The quantitative estimate of drug-likeness (QED) is 0.430. The van der Waals surface area contributed by atoms with Crippen LogP contribution in [-0.2, 0) is 0 Å². The molecule has 0 N–H and O–H groups in total. The van der Waals surface area contributed by atoms with Gasteiger partial charge in [0.1, 0.15) is 0 Å². The molecule has 0 spiro atoms. The van der Waals surface area contributed by atoms with Gasteiger partial charge in [-0.2, -0.15) is 0 Å². The lowest BCUT2D eigenvalue weighted by atomic mass is 10.1. The maximum absolute atomic E-state index is 2.27. The molecule has 0 atom stereocenters. The van der Waals surface area contributed by atoms with E-state index in [1.165, 1.54) is 37.1 Å². The Hall–Kier alpha value is -2.32. The molecule has 0 aliphatic heterocycles. The minimum absolute atomic E-state index is 1.22. The van der Waals surface area contributed by atoms with Gasteiger partial charge in [-0.1, -0.05) is 48.0 Å². The Morgan fingerprint density at radius 1 is 0.773 bits per heavy atom. The van der Waals surface area contributed by atoms with Crippen LogP contribution in [0.15, 0.2) is 66.7 Å². The van der Waals surface area contributed by atoms with Crippen molar-refractivity contribution in [1.29, 1.82) is 0 Å². The van der Waals surface area contributed by atoms with Crippen molar-refractivity contribution in [3.8, 4) is 0 Å². The van der Waals surface area contributed by atoms with Crippen LogP contribution < -0.4 is 4.90 Å². The van der Waals surface area contributed by atoms with Crippen LogP contribution in [0, 0.1) is 6.92 Å². The van der Waals surface area contributed by atoms with E-state index in [-0.39, 0.29) is 0 Å². The van der Waals surface area contributed by atoms with E-state index < -0.39 is 0 Å². The lowest BCUT2D eigenvalue weighted by Crippen LogP contribution is -2.09. The van der Waals surface area contributed by atoms with Crippen LogP contribution in [0.25, 0.3) is 20.2 Å². The Bertz CT molecular complexity index is 950. The molecule has 0 saturated heterocycles. The highest BCUT2D eigenvalue weighted by atomic mass is 32.1. The molecule has 0 aliphatic rings. The first-order valence-corrected chi connectivity index (χ1v) is 8.26. The SMILES string of the molecule is Cc1ccc(N(C)c2cccc3c2sc2ccccc23)cc1. The monoisotopic (exact) mass is 303 g/mol. The zero-order chi connectivity index (χ0) is 15.1. The number of anilines is 2. The number of hydrogen-bond donors (Lipinski definition) is 0. The summed E-state index contributed by atoms with van der Waals surface area (Å²) in [4.78, 5) is 2.27. The van der Waals surface area contributed by atoms with E-state index in [4.69, 9.17) is 0 Å². The first-order chi connectivity index (χ1) is 10.7. The molecule has 0 bridgehead atoms. The molecule has 4 aromatic rings. The number of hydrogen-bond acceptors (Lipinski definition) is 2. The summed E-state index contributed by atoms with van der Waals surface area (Å²) in [6, 6.07) is 23.9. The fraction of sp³-hybridized carbons (Fsp3) is 0.100. The van der Waals surface area contributed by atoms with Gasteiger partial charge in [0, 0.05) is 28.2 Å². The number of fused-ring (bicyclic) bond motifs is 3. The van der Waals surface area contributed by atoms with Crippen LogP contribution in [0.2, 0.25) is 0 Å². The van der Waals surface area contributed by atoms with Crippen molar-refractivity contribution in [2.75, 3.05) is 11.9 Å². The minimum Gasteiger partial charge on any atom is -0.343 e. The van der Waals surface area contributed by atoms with Gasteiger partial charge in [-0.15, -0.1) is 11.3 Å². The normalized spacial score (nSPS) is 11.2. The van der Waals surface area contributed by atoms with E-state index >= 15 is 0 Å². The molecule has 0 saturated carbocycles. The molecule has 1 aromatic heterocycles. The molecule has 22 heavy (non-hydrogen) atoms. The Labute approximate surface area is 134 Å². The van der Waals surface area contributed by atoms with Gasteiger partial charge >= 0.3 is 0 Å². The van der Waals surface area contributed by atoms with E-state index in [0.29, 0.717) is 0 Å². The largest absolute Gasteiger partial charge is 0.343 e. The minimum atomic E-state index is 1.22. The lowest BCUT2D eigenvalue weighted by Gasteiger charge is -2.20. The summed E-state index contributed by atoms with van der Waals surface area (Å²) in [5, 5.41) is 2.69. The summed E-state index contributed by atoms with van der Waals surface area (Å²) in [6.07, 6.45) is 0. The molecule has 0 unspecified atom stereocenters. The second-order valence-electron chi connectivity index (χ2n) is 5.65. The lowest BCUT2D eigenvalue weighted by molar-refractivity contribution is 1.22. The van der Waals surface area contributed by atoms with Gasteiger partial charge in [0.05, 0.1) is 10.4 Å². The third-order valence-electron chi connectivity index (χ3n) is 4.17. The highest BCUT2D eigenvalue weighted by Gasteiger charge is 2.12. The number of nitrogens with zero attached hydrogens (tertiary/aromatic N) is 1. The zero-order valence-corrected chi connectivity index (χ0v) is 13.5. The topological polar surface area (TPSA) is 3.24 Å². The molecule has 0 amide bonds. The van der Waals surface area contributed by atoms with E-state index in [2.05, 4.69) is 85.6 Å². The zero-order valence-electron chi connectivity index (χ0n) is 12.7. The molecule has 1 heterocycles. The number of rotatable bonds is 2. The smallest absolute Gasteiger partial charge is 0.0592 e. The molecule has 1 nitrogen and oxygen atoms in total. The van der Waals surface area contributed by atoms with Gasteiger partial charge in [0.2, 0.25) is 0 Å². The van der Waals surface area contributed by atoms with Crippen LogP contribution in [0.4, 0.5) is 11.4 Å². The van der Waals surface area contributed by atoms with Crippen molar-refractivity contribution in [3.05, 3.63) is 72.3 Å². The summed E-state index contributed by atoms with van der Waals surface area (Å²) in [6.45, 7) is 2.12. The van der Waals surface area contributed by atoms with Gasteiger partial charge in [0.25, 0.3) is 0 Å². The number of benzene rings is 3. The molecule has 3 aromatic carbocycles. The standard InChI is InChI=1S/C20H17NS/c1-14-10-12-15(13-11-14)21(2)18-8-5-7-17-16-6-3-4-9-19(16)22-20(17)18/h3-13H,1-2H3. The van der Waals surface area contributed by atoms with Crippen molar-refractivity contribution < 1.29 is 0 Å². The molecule has 0 aliphatic carbocycles. The van der Waals surface area contributed by atoms with Crippen LogP contribution >= 0.6 is 11.3 Å². The first-order valence-electron chi connectivity index (χ1n) is 7.45. The maximum Gasteiger partial charge on any atom is 0.0592 e. The fourth-order valence-electron chi connectivity index (χ4n) is 2.90. The van der Waals surface area contributed by atoms with Gasteiger partial charge in [0.15, 0.2) is 0 Å². The first kappa shape index (κ1) is 13.4. The number of aryl methyl sites for hydroxylation is 1. The van der Waals surface area contributed by atoms with E-state index in [9.17, 15) is 0 Å². The maximum atomic E-state index is 2.27. The third-order valence-corrected chi connectivity index (χ3v) is 5.38. The number of thiophene rings is 1. The third kappa shape index (κ3) is 2.08. The molecule has 2 heteroatoms. The fourth-order valence-corrected chi connectivity index (χ4v) is 4.16. The van der Waals surface area contributed by atoms with Crippen molar-refractivity contribution in [2.45, 2.75) is 6.92 Å². The van der Waals surface area contributed by atoms with Crippen LogP contribution in [0.3, 0.4) is 0 Å². The second-order valence-corrected chi connectivity index (χ2v) is 6.70. The van der Waals surface area contributed by atoms with Gasteiger partial charge in [-0.3, -0.25) is 0 Å². The van der Waals surface area contributed by atoms with Crippen LogP contribution in [0.5, 0.6) is 0 Å². The van der Waals surface area contributed by atoms with Gasteiger partial charge in [-0.05, 0) is 31.2 Å². The Morgan fingerprint density at radius 2 is 1.50 bits per heavy atom. The molecule has 4 rings (SSSR count). The molecule has 0 fully saturated rings. The van der Waals surface area contributed by atoms with E-state index in [1.807, 2.05) is 11.3 Å². The predicted octanol–water partition coefficient (Wildman–Crippen LogP) is 6.13. The van der Waals surface area contributed by atoms with Gasteiger partial charge < -0.3 is 4.90 Å². The molecule has 0 radical (unpaired) electrons. The average molecular weight is 303 g/mol. The van der Waals surface area contributed by atoms with Crippen molar-refractivity contribution in [3.63, 3.8) is 0 Å². The predicted molar refractivity (Wildman–Crippen MR) is 98.6 cm³/mol. The molecular weight excluding hydrogens is 286 g/mol. The Balaban J connectivity index is 1.92. The summed E-state index contributed by atoms with van der Waals surface area (Å²) >= 11 is 1.87. The molecule has 108 valence electrons. The Kier molecular flexibility index (Phi) is 3.12. The summed E-state index contributed by atoms with van der Waals surface area (Å²) < 4.78 is 2.70. The van der Waals surface area contributed by atoms with Crippen molar-refractivity contribution in [2.24, 2.45) is 0 Å². The average Bonchev–Trinajstić information content (AvgIpc) is 2.93. The van der Waals surface area contributed by atoms with Gasteiger partial charge in [-0.25, -0.2) is 0 Å². The van der Waals surface area contributed by atoms with E-state index in [0.717, 1.165) is 0 Å². The van der Waals surface area contributed by atoms with Crippen molar-refractivity contribution in [1.82, 2.24) is 0 Å². The van der Waals surface area contributed by atoms with Crippen molar-refractivity contribution >= 4 is 42.9 Å². The van der Waals surface area contributed by atoms with Crippen LogP contribution in [0.1, 0.15) is 5.56 Å². The summed E-state index contributed by atoms with van der Waals surface area (Å²) in [5.41, 5.74) is 3.77. The van der Waals surface area contributed by atoms with E-state index in [1.54, 1.807) is 0 Å². The van der Waals surface area contributed by atoms with Crippen LogP contribution in [-0.4, -0.2) is 7.05 Å². The summed E-state index contributed by atoms with van der Waals surface area (Å²) in [7, 11) is 2.14.